The molecule has 0 aliphatic heterocycles. The Labute approximate surface area is 114 Å². The molecule has 2 aromatic rings. The molecule has 0 amide bonds. The Bertz CT molecular complexity index is 700. The summed E-state index contributed by atoms with van der Waals surface area (Å²) in [6, 6.07) is 6.34. The molecule has 0 aliphatic carbocycles. The Morgan fingerprint density at radius 2 is 2.35 bits per heavy atom. The number of nitro groups is 1. The van der Waals surface area contributed by atoms with Gasteiger partial charge in [0.15, 0.2) is 0 Å². The van der Waals surface area contributed by atoms with E-state index in [1.165, 1.54) is 10.7 Å². The molecule has 20 heavy (non-hydrogen) atoms. The van der Waals surface area contributed by atoms with E-state index in [4.69, 9.17) is 11.0 Å². The van der Waals surface area contributed by atoms with Crippen molar-refractivity contribution in [3.05, 3.63) is 45.6 Å². The summed E-state index contributed by atoms with van der Waals surface area (Å²) < 4.78 is 1.51. The summed E-state index contributed by atoms with van der Waals surface area (Å²) in [6.45, 7) is 0.287. The number of hydrogen-bond donors (Lipinski definition) is 2. The van der Waals surface area contributed by atoms with E-state index in [1.54, 1.807) is 25.4 Å². The van der Waals surface area contributed by atoms with Crippen LogP contribution in [0.4, 0.5) is 17.2 Å². The van der Waals surface area contributed by atoms with Crippen LogP contribution < -0.4 is 11.1 Å². The molecule has 2 rings (SSSR count). The highest BCUT2D eigenvalue weighted by molar-refractivity contribution is 5.68. The summed E-state index contributed by atoms with van der Waals surface area (Å²) in [7, 11) is 1.71. The highest BCUT2D eigenvalue weighted by Gasteiger charge is 2.19. The molecule has 1 heterocycles. The molecule has 0 unspecified atom stereocenters. The van der Waals surface area contributed by atoms with Crippen LogP contribution >= 0.6 is 0 Å². The minimum absolute atomic E-state index is 0.0131. The molecule has 0 saturated carbocycles. The zero-order chi connectivity index (χ0) is 14.7. The molecule has 1 aromatic heterocycles. The molecule has 0 radical (unpaired) electrons. The molecule has 0 bridgehead atoms. The number of nitrogens with two attached hydrogens (primary N) is 1. The summed E-state index contributed by atoms with van der Waals surface area (Å²) in [4.78, 5) is 10.5. The van der Waals surface area contributed by atoms with Crippen LogP contribution in [-0.4, -0.2) is 14.7 Å². The number of nitro benzene ring substituents is 1. The monoisotopic (exact) mass is 272 g/mol. The predicted molar refractivity (Wildman–Crippen MR) is 72.8 cm³/mol. The van der Waals surface area contributed by atoms with Gasteiger partial charge in [-0.05, 0) is 12.1 Å². The summed E-state index contributed by atoms with van der Waals surface area (Å²) in [5, 5.41) is 26.9. The lowest BCUT2D eigenvalue weighted by molar-refractivity contribution is -0.384. The summed E-state index contributed by atoms with van der Waals surface area (Å²) in [5.41, 5.74) is 6.57. The number of hydrogen-bond acceptors (Lipinski definition) is 6. The van der Waals surface area contributed by atoms with Gasteiger partial charge in [-0.2, -0.15) is 10.4 Å². The molecule has 0 fully saturated rings. The molecular formula is C12H12N6O2. The molecule has 8 heteroatoms. The summed E-state index contributed by atoms with van der Waals surface area (Å²) in [5.74, 6) is 0.483. The second kappa shape index (κ2) is 5.27. The van der Waals surface area contributed by atoms with Crippen molar-refractivity contribution in [3.8, 4) is 6.07 Å². The van der Waals surface area contributed by atoms with E-state index in [9.17, 15) is 10.1 Å². The highest BCUT2D eigenvalue weighted by atomic mass is 16.6. The SMILES string of the molecule is Cn1ncc(CNc2cccc(C#N)c2[N+](=O)[O-])c1N. The Morgan fingerprint density at radius 3 is 2.90 bits per heavy atom. The van der Waals surface area contributed by atoms with Crippen LogP contribution in [0.1, 0.15) is 11.1 Å². The smallest absolute Gasteiger partial charge is 0.309 e. The number of para-hydroxylation sites is 1. The molecule has 3 N–H and O–H groups in total. The van der Waals surface area contributed by atoms with Crippen molar-refractivity contribution in [3.63, 3.8) is 0 Å². The van der Waals surface area contributed by atoms with Crippen LogP contribution in [0.25, 0.3) is 0 Å². The number of aryl methyl sites for hydroxylation is 1. The standard InChI is InChI=1S/C12H12N6O2/c1-17-12(14)9(7-16-17)6-15-10-4-2-3-8(5-13)11(10)18(19)20/h2-4,7,15H,6,14H2,1H3. The van der Waals surface area contributed by atoms with Crippen molar-refractivity contribution in [2.75, 3.05) is 11.1 Å². The minimum atomic E-state index is -0.576. The van der Waals surface area contributed by atoms with E-state index in [-0.39, 0.29) is 23.5 Å². The zero-order valence-electron chi connectivity index (χ0n) is 10.7. The molecule has 0 spiro atoms. The van der Waals surface area contributed by atoms with Gasteiger partial charge in [0, 0.05) is 19.2 Å². The van der Waals surface area contributed by atoms with Gasteiger partial charge in [0.25, 0.3) is 0 Å². The Morgan fingerprint density at radius 1 is 1.60 bits per heavy atom. The normalized spacial score (nSPS) is 10.0. The van der Waals surface area contributed by atoms with Gasteiger partial charge >= 0.3 is 5.69 Å². The van der Waals surface area contributed by atoms with E-state index in [0.29, 0.717) is 5.82 Å². The Balaban J connectivity index is 2.28. The maximum Gasteiger partial charge on any atom is 0.309 e. The van der Waals surface area contributed by atoms with E-state index >= 15 is 0 Å². The van der Waals surface area contributed by atoms with Gasteiger partial charge in [0.2, 0.25) is 0 Å². The predicted octanol–water partition coefficient (Wildman–Crippen LogP) is 1.39. The largest absolute Gasteiger partial charge is 0.384 e. The molecule has 1 aromatic carbocycles. The number of anilines is 2. The van der Waals surface area contributed by atoms with Crippen molar-refractivity contribution in [1.82, 2.24) is 9.78 Å². The number of aromatic nitrogens is 2. The molecule has 0 aliphatic rings. The van der Waals surface area contributed by atoms with Crippen LogP contribution in [-0.2, 0) is 13.6 Å². The van der Waals surface area contributed by atoms with Gasteiger partial charge in [-0.1, -0.05) is 6.07 Å². The van der Waals surface area contributed by atoms with Crippen LogP contribution in [0, 0.1) is 21.4 Å². The van der Waals surface area contributed by atoms with E-state index in [1.807, 2.05) is 6.07 Å². The van der Waals surface area contributed by atoms with Gasteiger partial charge in [-0.15, -0.1) is 0 Å². The number of nitrogen functional groups attached to an aromatic ring is 1. The number of benzene rings is 1. The fourth-order valence-corrected chi connectivity index (χ4v) is 1.79. The topological polar surface area (TPSA) is 123 Å². The third-order valence-corrected chi connectivity index (χ3v) is 2.87. The van der Waals surface area contributed by atoms with Crippen molar-refractivity contribution in [2.45, 2.75) is 6.54 Å². The van der Waals surface area contributed by atoms with Crippen LogP contribution in [0.15, 0.2) is 24.4 Å². The third kappa shape index (κ3) is 2.37. The third-order valence-electron chi connectivity index (χ3n) is 2.87. The second-order valence-electron chi connectivity index (χ2n) is 4.10. The average Bonchev–Trinajstić information content (AvgIpc) is 2.75. The van der Waals surface area contributed by atoms with Crippen molar-refractivity contribution < 1.29 is 4.92 Å². The van der Waals surface area contributed by atoms with E-state index in [0.717, 1.165) is 5.56 Å². The molecule has 0 saturated heterocycles. The van der Waals surface area contributed by atoms with E-state index < -0.39 is 4.92 Å². The second-order valence-corrected chi connectivity index (χ2v) is 4.10. The minimum Gasteiger partial charge on any atom is -0.384 e. The quantitative estimate of drug-likeness (QED) is 0.640. The molecule has 102 valence electrons. The number of nitrogens with one attached hydrogen (secondary N) is 1. The van der Waals surface area contributed by atoms with Gasteiger partial charge in [-0.25, -0.2) is 0 Å². The van der Waals surface area contributed by atoms with E-state index in [2.05, 4.69) is 10.4 Å². The summed E-state index contributed by atoms with van der Waals surface area (Å²) in [6.07, 6.45) is 1.59. The molecule has 0 atom stereocenters. The fourth-order valence-electron chi connectivity index (χ4n) is 1.79. The first-order chi connectivity index (χ1) is 9.54. The van der Waals surface area contributed by atoms with Crippen LogP contribution in [0.2, 0.25) is 0 Å². The first-order valence-electron chi connectivity index (χ1n) is 5.72. The lowest BCUT2D eigenvalue weighted by atomic mass is 10.1. The molecular weight excluding hydrogens is 260 g/mol. The van der Waals surface area contributed by atoms with Gasteiger partial charge in [0.1, 0.15) is 23.1 Å². The molecule has 8 nitrogen and oxygen atoms in total. The lowest BCUT2D eigenvalue weighted by Gasteiger charge is -2.07. The first kappa shape index (κ1) is 13.4. The maximum absolute atomic E-state index is 11.1. The van der Waals surface area contributed by atoms with Crippen molar-refractivity contribution in [2.24, 2.45) is 7.05 Å². The van der Waals surface area contributed by atoms with Crippen LogP contribution in [0.3, 0.4) is 0 Å². The van der Waals surface area contributed by atoms with Crippen molar-refractivity contribution in [1.29, 1.82) is 5.26 Å². The number of rotatable bonds is 4. The van der Waals surface area contributed by atoms with Crippen LogP contribution in [0.5, 0.6) is 0 Å². The maximum atomic E-state index is 11.1. The number of nitriles is 1. The van der Waals surface area contributed by atoms with Gasteiger partial charge in [0.05, 0.1) is 11.1 Å². The lowest BCUT2D eigenvalue weighted by Crippen LogP contribution is -2.06. The first-order valence-corrected chi connectivity index (χ1v) is 5.72. The summed E-state index contributed by atoms with van der Waals surface area (Å²) >= 11 is 0. The zero-order valence-corrected chi connectivity index (χ0v) is 10.7. The van der Waals surface area contributed by atoms with Crippen molar-refractivity contribution >= 4 is 17.2 Å². The fraction of sp³-hybridized carbons (Fsp3) is 0.167. The Kier molecular flexibility index (Phi) is 3.52. The van der Waals surface area contributed by atoms with Gasteiger partial charge in [-0.3, -0.25) is 14.8 Å². The van der Waals surface area contributed by atoms with Gasteiger partial charge < -0.3 is 11.1 Å². The Hall–Kier alpha value is -3.08. The average molecular weight is 272 g/mol. The highest BCUT2D eigenvalue weighted by Crippen LogP contribution is 2.28. The number of nitrogens with zero attached hydrogens (tertiary/aromatic N) is 4.